The molecule has 0 spiro atoms. The molecule has 1 aliphatic rings. The fraction of sp³-hybridized carbons (Fsp3) is 0.667. The Bertz CT molecular complexity index is 128. The number of aliphatic hydroxyl groups is 1. The highest BCUT2D eigenvalue weighted by Gasteiger charge is 2.15. The van der Waals surface area contributed by atoms with Gasteiger partial charge in [0.1, 0.15) is 7.85 Å². The van der Waals surface area contributed by atoms with Crippen LogP contribution in [0.4, 0.5) is 0 Å². The van der Waals surface area contributed by atoms with E-state index in [4.69, 9.17) is 5.11 Å². The summed E-state index contributed by atoms with van der Waals surface area (Å²) < 4.78 is 0. The highest BCUT2D eigenvalue weighted by atomic mass is 16.3. The lowest BCUT2D eigenvalue weighted by molar-refractivity contribution is 0.219. The lowest BCUT2D eigenvalue weighted by Crippen LogP contribution is -2.03. The van der Waals surface area contributed by atoms with E-state index in [1.807, 2.05) is 7.85 Å². The normalized spacial score (nSPS) is 29.5. The molecule has 0 bridgehead atoms. The fourth-order valence-corrected chi connectivity index (χ4v) is 1.05. The lowest BCUT2D eigenvalue weighted by atomic mass is 9.91. The van der Waals surface area contributed by atoms with Gasteiger partial charge >= 0.3 is 0 Å². The van der Waals surface area contributed by atoms with Crippen molar-refractivity contribution in [3.8, 4) is 0 Å². The Balaban J connectivity index is 2.71. The molecule has 1 N–H and O–H groups in total. The molecule has 0 radical (unpaired) electrons. The molecule has 8 heavy (non-hydrogen) atoms. The van der Waals surface area contributed by atoms with E-state index in [1.54, 1.807) is 0 Å². The molecule has 0 aromatic rings. The molecular formula is C6H11BO. The summed E-state index contributed by atoms with van der Waals surface area (Å²) in [5.74, 6) is 0. The summed E-state index contributed by atoms with van der Waals surface area (Å²) >= 11 is 0. The van der Waals surface area contributed by atoms with E-state index < -0.39 is 0 Å². The Morgan fingerprint density at radius 2 is 2.38 bits per heavy atom. The number of allylic oxidation sites excluding steroid dienone is 1. The predicted molar refractivity (Wildman–Crippen MR) is 36.5 cm³/mol. The van der Waals surface area contributed by atoms with Crippen LogP contribution in [0.15, 0.2) is 11.0 Å². The van der Waals surface area contributed by atoms with Crippen LogP contribution in [-0.2, 0) is 0 Å². The molecule has 0 fully saturated rings. The van der Waals surface area contributed by atoms with Crippen LogP contribution in [0, 0.1) is 0 Å². The van der Waals surface area contributed by atoms with E-state index in [0.717, 1.165) is 12.8 Å². The summed E-state index contributed by atoms with van der Waals surface area (Å²) in [6.45, 7) is 2.09. The van der Waals surface area contributed by atoms with Gasteiger partial charge in [0.2, 0.25) is 0 Å². The second-order valence-electron chi connectivity index (χ2n) is 2.52. The molecule has 0 saturated carbocycles. The summed E-state index contributed by atoms with van der Waals surface area (Å²) in [5.41, 5.74) is 2.56. The van der Waals surface area contributed by atoms with Gasteiger partial charge in [0.25, 0.3) is 0 Å². The van der Waals surface area contributed by atoms with Crippen LogP contribution in [0.5, 0.6) is 0 Å². The molecular weight excluding hydrogens is 98.9 g/mol. The average molecular weight is 110 g/mol. The van der Waals surface area contributed by atoms with Crippen molar-refractivity contribution in [1.29, 1.82) is 0 Å². The monoisotopic (exact) mass is 110 g/mol. The van der Waals surface area contributed by atoms with Crippen molar-refractivity contribution in [2.45, 2.75) is 25.9 Å². The van der Waals surface area contributed by atoms with E-state index in [0.29, 0.717) is 0 Å². The van der Waals surface area contributed by atoms with Crippen molar-refractivity contribution in [2.24, 2.45) is 0 Å². The van der Waals surface area contributed by atoms with Crippen molar-refractivity contribution in [3.05, 3.63) is 11.0 Å². The first-order chi connectivity index (χ1) is 3.72. The van der Waals surface area contributed by atoms with Crippen LogP contribution >= 0.6 is 0 Å². The van der Waals surface area contributed by atoms with Crippen LogP contribution in [0.3, 0.4) is 0 Å². The average Bonchev–Trinajstić information content (AvgIpc) is 1.98. The quantitative estimate of drug-likeness (QED) is 0.436. The first kappa shape index (κ1) is 5.89. The summed E-state index contributed by atoms with van der Waals surface area (Å²) in [6, 6.07) is 0. The molecule has 0 saturated heterocycles. The Morgan fingerprint density at radius 1 is 1.75 bits per heavy atom. The molecule has 44 valence electrons. The van der Waals surface area contributed by atoms with E-state index in [1.165, 1.54) is 11.0 Å². The largest absolute Gasteiger partial charge is 0.390 e. The minimum Gasteiger partial charge on any atom is -0.390 e. The SMILES string of the molecule is BC1=C(C)CCC1O. The van der Waals surface area contributed by atoms with Crippen molar-refractivity contribution < 1.29 is 5.11 Å². The maximum atomic E-state index is 9.11. The van der Waals surface area contributed by atoms with Crippen molar-refractivity contribution >= 4 is 7.85 Å². The Hall–Kier alpha value is -0.235. The van der Waals surface area contributed by atoms with Gasteiger partial charge in [-0.3, -0.25) is 0 Å². The molecule has 0 aromatic carbocycles. The maximum Gasteiger partial charge on any atom is 0.137 e. The smallest absolute Gasteiger partial charge is 0.137 e. The molecule has 2 heteroatoms. The third kappa shape index (κ3) is 0.803. The zero-order chi connectivity index (χ0) is 6.15. The van der Waals surface area contributed by atoms with Crippen LogP contribution in [-0.4, -0.2) is 19.1 Å². The van der Waals surface area contributed by atoms with E-state index >= 15 is 0 Å². The molecule has 0 aliphatic heterocycles. The van der Waals surface area contributed by atoms with E-state index in [2.05, 4.69) is 6.92 Å². The summed E-state index contributed by atoms with van der Waals surface area (Å²) in [7, 11) is 2.01. The van der Waals surface area contributed by atoms with Crippen molar-refractivity contribution in [2.75, 3.05) is 0 Å². The Morgan fingerprint density at radius 3 is 2.50 bits per heavy atom. The highest BCUT2D eigenvalue weighted by molar-refractivity contribution is 6.22. The zero-order valence-corrected chi connectivity index (χ0v) is 5.44. The van der Waals surface area contributed by atoms with E-state index in [-0.39, 0.29) is 6.10 Å². The second-order valence-corrected chi connectivity index (χ2v) is 2.52. The topological polar surface area (TPSA) is 20.2 Å². The minimum absolute atomic E-state index is 0.130. The first-order valence-electron chi connectivity index (χ1n) is 3.06. The summed E-state index contributed by atoms with van der Waals surface area (Å²) in [4.78, 5) is 0. The Labute approximate surface area is 50.8 Å². The minimum atomic E-state index is -0.130. The number of rotatable bonds is 0. The van der Waals surface area contributed by atoms with E-state index in [9.17, 15) is 0 Å². The van der Waals surface area contributed by atoms with Gasteiger partial charge in [-0.25, -0.2) is 0 Å². The summed E-state index contributed by atoms with van der Waals surface area (Å²) in [5, 5.41) is 9.11. The first-order valence-corrected chi connectivity index (χ1v) is 3.06. The maximum absolute atomic E-state index is 9.11. The number of aliphatic hydroxyl groups excluding tert-OH is 1. The second kappa shape index (κ2) is 1.94. The molecule has 1 atom stereocenters. The predicted octanol–water partition coefficient (Wildman–Crippen LogP) is 0.0482. The molecule has 1 rings (SSSR count). The molecule has 0 amide bonds. The lowest BCUT2D eigenvalue weighted by Gasteiger charge is -1.99. The van der Waals surface area contributed by atoms with Crippen LogP contribution in [0.1, 0.15) is 19.8 Å². The number of hydrogen-bond donors (Lipinski definition) is 1. The fourth-order valence-electron chi connectivity index (χ4n) is 1.05. The van der Waals surface area contributed by atoms with Gasteiger partial charge in [-0.2, -0.15) is 0 Å². The Kier molecular flexibility index (Phi) is 1.43. The van der Waals surface area contributed by atoms with Gasteiger partial charge in [-0.1, -0.05) is 11.0 Å². The highest BCUT2D eigenvalue weighted by Crippen LogP contribution is 2.22. The third-order valence-corrected chi connectivity index (χ3v) is 1.97. The molecule has 0 heterocycles. The van der Waals surface area contributed by atoms with Gasteiger partial charge in [-0.15, -0.1) is 0 Å². The standard InChI is InChI=1S/C6H11BO/c1-4-2-3-5(8)6(4)7/h5,8H,2-3,7H2,1H3. The molecule has 1 unspecified atom stereocenters. The summed E-state index contributed by atoms with van der Waals surface area (Å²) in [6.07, 6.45) is 1.90. The van der Waals surface area contributed by atoms with Crippen molar-refractivity contribution in [3.63, 3.8) is 0 Å². The van der Waals surface area contributed by atoms with Crippen molar-refractivity contribution in [1.82, 2.24) is 0 Å². The third-order valence-electron chi connectivity index (χ3n) is 1.97. The van der Waals surface area contributed by atoms with Crippen LogP contribution < -0.4 is 0 Å². The van der Waals surface area contributed by atoms with Crippen LogP contribution in [0.25, 0.3) is 0 Å². The molecule has 1 aliphatic carbocycles. The van der Waals surface area contributed by atoms with Gasteiger partial charge in [0.05, 0.1) is 6.10 Å². The van der Waals surface area contributed by atoms with Gasteiger partial charge < -0.3 is 5.11 Å². The van der Waals surface area contributed by atoms with Gasteiger partial charge in [0, 0.05) is 0 Å². The van der Waals surface area contributed by atoms with Crippen LogP contribution in [0.2, 0.25) is 0 Å². The molecule has 1 nitrogen and oxygen atoms in total. The van der Waals surface area contributed by atoms with Gasteiger partial charge in [0.15, 0.2) is 0 Å². The zero-order valence-electron chi connectivity index (χ0n) is 5.44. The molecule has 0 aromatic heterocycles. The number of hydrogen-bond acceptors (Lipinski definition) is 1. The van der Waals surface area contributed by atoms with Gasteiger partial charge in [-0.05, 0) is 19.8 Å².